The highest BCUT2D eigenvalue weighted by Gasteiger charge is 2.27. The van der Waals surface area contributed by atoms with Crippen LogP contribution in [-0.2, 0) is 22.3 Å². The summed E-state index contributed by atoms with van der Waals surface area (Å²) in [6.45, 7) is 7.79. The third-order valence-corrected chi connectivity index (χ3v) is 11.0. The second kappa shape index (κ2) is 16.6. The van der Waals surface area contributed by atoms with E-state index >= 15 is 0 Å². The average Bonchev–Trinajstić information content (AvgIpc) is 3.49. The number of nitrogens with one attached hydrogen (secondary N) is 1. The fraction of sp³-hybridized carbons (Fsp3) is 0.568. The molecule has 2 saturated heterocycles. The monoisotopic (exact) mass is 665 g/mol. The van der Waals surface area contributed by atoms with E-state index in [1.165, 1.54) is 47.3 Å². The van der Waals surface area contributed by atoms with Crippen LogP contribution in [0.1, 0.15) is 95.8 Å². The van der Waals surface area contributed by atoms with Crippen LogP contribution in [0.5, 0.6) is 5.75 Å². The van der Waals surface area contributed by atoms with Crippen LogP contribution in [0.4, 0.5) is 0 Å². The minimum atomic E-state index is -0.0708. The number of carbonyl (C=O) groups excluding carboxylic acids is 1. The summed E-state index contributed by atoms with van der Waals surface area (Å²) in [6.07, 6.45) is 12.3. The molecule has 7 nitrogen and oxygen atoms in total. The molecule has 6 rings (SSSR count). The van der Waals surface area contributed by atoms with Gasteiger partial charge in [-0.25, -0.2) is 4.98 Å². The maximum Gasteiger partial charge on any atom is 0.263 e. The van der Waals surface area contributed by atoms with Crippen LogP contribution < -0.4 is 10.1 Å². The molecule has 0 saturated carbocycles. The summed E-state index contributed by atoms with van der Waals surface area (Å²) in [4.78, 5) is 20.8. The van der Waals surface area contributed by atoms with Crippen LogP contribution in [0.15, 0.2) is 36.4 Å². The third kappa shape index (κ3) is 8.70. The molecule has 9 heteroatoms. The van der Waals surface area contributed by atoms with Crippen molar-refractivity contribution in [2.45, 2.75) is 89.8 Å². The van der Waals surface area contributed by atoms with E-state index in [0.717, 1.165) is 99.6 Å². The molecule has 46 heavy (non-hydrogen) atoms. The van der Waals surface area contributed by atoms with Gasteiger partial charge in [0.05, 0.1) is 12.3 Å². The summed E-state index contributed by atoms with van der Waals surface area (Å²) in [5, 5.41) is 4.65. The van der Waals surface area contributed by atoms with Crippen LogP contribution in [0.3, 0.4) is 0 Å². The molecule has 3 aliphatic rings. The maximum atomic E-state index is 12.9. The molecule has 1 N–H and O–H groups in total. The Morgan fingerprint density at radius 1 is 1.02 bits per heavy atom. The van der Waals surface area contributed by atoms with Crippen LogP contribution in [0.25, 0.3) is 10.6 Å². The van der Waals surface area contributed by atoms with Gasteiger partial charge in [-0.1, -0.05) is 35.9 Å². The lowest BCUT2D eigenvalue weighted by Gasteiger charge is -2.34. The summed E-state index contributed by atoms with van der Waals surface area (Å²) >= 11 is 7.46. The first kappa shape index (κ1) is 33.4. The van der Waals surface area contributed by atoms with Gasteiger partial charge in [0.1, 0.15) is 22.2 Å². The van der Waals surface area contributed by atoms with Crippen molar-refractivity contribution in [2.75, 3.05) is 46.0 Å². The normalized spacial score (nSPS) is 19.1. The predicted octanol–water partition coefficient (Wildman–Crippen LogP) is 7.96. The number of carbonyl (C=O) groups is 1. The molecule has 1 aliphatic carbocycles. The average molecular weight is 666 g/mol. The number of benzene rings is 2. The van der Waals surface area contributed by atoms with E-state index in [2.05, 4.69) is 27.3 Å². The highest BCUT2D eigenvalue weighted by molar-refractivity contribution is 7.17. The molecular formula is C37H48ClN3O4S. The molecule has 248 valence electrons. The lowest BCUT2D eigenvalue weighted by Crippen LogP contribution is -2.34. The molecular weight excluding hydrogens is 618 g/mol. The number of unbranched alkanes of at least 4 members (excludes halogenated alkanes) is 1. The number of hydrogen-bond donors (Lipinski definition) is 1. The Morgan fingerprint density at radius 3 is 2.65 bits per heavy atom. The van der Waals surface area contributed by atoms with Crippen LogP contribution in [0.2, 0.25) is 5.02 Å². The van der Waals surface area contributed by atoms with Gasteiger partial charge in [-0.2, -0.15) is 0 Å². The minimum Gasteiger partial charge on any atom is -0.491 e. The van der Waals surface area contributed by atoms with Crippen LogP contribution in [-0.4, -0.2) is 68.1 Å². The van der Waals surface area contributed by atoms with Crippen LogP contribution in [0, 0.1) is 6.92 Å². The van der Waals surface area contributed by atoms with E-state index in [9.17, 15) is 4.79 Å². The number of thiazole rings is 1. The molecule has 2 fully saturated rings. The summed E-state index contributed by atoms with van der Waals surface area (Å²) in [6, 6.07) is 12.3. The smallest absolute Gasteiger partial charge is 0.263 e. The van der Waals surface area contributed by atoms with Crippen molar-refractivity contribution in [3.05, 3.63) is 68.7 Å². The van der Waals surface area contributed by atoms with Crippen molar-refractivity contribution in [1.82, 2.24) is 15.2 Å². The highest BCUT2D eigenvalue weighted by Crippen LogP contribution is 2.40. The number of piperidine rings is 1. The molecule has 0 spiro atoms. The van der Waals surface area contributed by atoms with Crippen molar-refractivity contribution in [1.29, 1.82) is 0 Å². The second-order valence-corrected chi connectivity index (χ2v) is 14.3. The fourth-order valence-corrected chi connectivity index (χ4v) is 8.12. The first-order valence-corrected chi connectivity index (χ1v) is 18.5. The summed E-state index contributed by atoms with van der Waals surface area (Å²) in [5.74, 6) is 1.64. The number of fused-ring (bicyclic) bond motifs is 1. The quantitative estimate of drug-likeness (QED) is 0.187. The number of aryl methyl sites for hydroxylation is 2. The molecule has 0 bridgehead atoms. The standard InChI is InChI=1S/C37H48ClN3O4S/c1-26-35(46-37(40-26)29-11-14-30(38)15-12-29)36(42)39-19-5-6-20-41-21-17-28(18-22-41)32-16-13-27-8-2-3-9-31(27)34(32)45-25-24-44-33-10-4-7-23-43-33/h11-16,28,33H,2-10,17-25H2,1H3,(H,39,42). The largest absolute Gasteiger partial charge is 0.491 e. The fourth-order valence-electron chi connectivity index (χ4n) is 7.00. The van der Waals surface area contributed by atoms with Gasteiger partial charge in [-0.3, -0.25) is 4.79 Å². The van der Waals surface area contributed by atoms with Gasteiger partial charge < -0.3 is 24.4 Å². The Balaban J connectivity index is 0.939. The number of rotatable bonds is 13. The summed E-state index contributed by atoms with van der Waals surface area (Å²) in [5.41, 5.74) is 6.06. The molecule has 3 aromatic rings. The number of ether oxygens (including phenoxy) is 3. The molecule has 2 aromatic carbocycles. The zero-order valence-electron chi connectivity index (χ0n) is 27.2. The van der Waals surface area contributed by atoms with E-state index in [1.54, 1.807) is 0 Å². The lowest BCUT2D eigenvalue weighted by molar-refractivity contribution is -0.165. The number of nitrogens with zero attached hydrogens (tertiary/aromatic N) is 2. The summed E-state index contributed by atoms with van der Waals surface area (Å²) < 4.78 is 18.3. The van der Waals surface area contributed by atoms with Gasteiger partial charge in [0.2, 0.25) is 0 Å². The predicted molar refractivity (Wildman–Crippen MR) is 185 cm³/mol. The minimum absolute atomic E-state index is 0.0343. The zero-order valence-corrected chi connectivity index (χ0v) is 28.7. The van der Waals surface area contributed by atoms with Gasteiger partial charge in [0.25, 0.3) is 5.91 Å². The molecule has 1 aromatic heterocycles. The number of hydrogen-bond acceptors (Lipinski definition) is 7. The van der Waals surface area contributed by atoms with E-state index in [1.807, 2.05) is 31.2 Å². The Hall–Kier alpha value is -2.49. The topological polar surface area (TPSA) is 72.9 Å². The van der Waals surface area contributed by atoms with Gasteiger partial charge in [0, 0.05) is 23.7 Å². The van der Waals surface area contributed by atoms with Crippen LogP contribution >= 0.6 is 22.9 Å². The zero-order chi connectivity index (χ0) is 31.7. The van der Waals surface area contributed by atoms with Gasteiger partial charge in [-0.15, -0.1) is 11.3 Å². The second-order valence-electron chi connectivity index (χ2n) is 12.9. The Kier molecular flexibility index (Phi) is 12.0. The van der Waals surface area contributed by atoms with Crippen molar-refractivity contribution < 1.29 is 19.0 Å². The van der Waals surface area contributed by atoms with Gasteiger partial charge in [-0.05, 0) is 132 Å². The SMILES string of the molecule is Cc1nc(-c2ccc(Cl)cc2)sc1C(=O)NCCCCN1CCC(c2ccc3c(c2OCCOC2CCCCO2)CCCC3)CC1. The maximum absolute atomic E-state index is 12.9. The molecule has 1 atom stereocenters. The Morgan fingerprint density at radius 2 is 1.85 bits per heavy atom. The lowest BCUT2D eigenvalue weighted by atomic mass is 9.83. The van der Waals surface area contributed by atoms with Crippen molar-refractivity contribution >= 4 is 28.8 Å². The molecule has 3 heterocycles. The Labute approximate surface area is 283 Å². The number of likely N-dealkylation sites (tertiary alicyclic amines) is 1. The van der Waals surface area contributed by atoms with E-state index in [4.69, 9.17) is 25.8 Å². The first-order chi connectivity index (χ1) is 22.5. The third-order valence-electron chi connectivity index (χ3n) is 9.59. The molecule has 2 aliphatic heterocycles. The molecule has 1 unspecified atom stereocenters. The van der Waals surface area contributed by atoms with Gasteiger partial charge >= 0.3 is 0 Å². The van der Waals surface area contributed by atoms with Crippen molar-refractivity contribution in [3.63, 3.8) is 0 Å². The molecule has 1 amide bonds. The molecule has 0 radical (unpaired) electrons. The van der Waals surface area contributed by atoms with Crippen molar-refractivity contribution in [2.24, 2.45) is 0 Å². The van der Waals surface area contributed by atoms with Gasteiger partial charge in [0.15, 0.2) is 6.29 Å². The number of aromatic nitrogens is 1. The summed E-state index contributed by atoms with van der Waals surface area (Å²) in [7, 11) is 0. The highest BCUT2D eigenvalue weighted by atomic mass is 35.5. The number of amides is 1. The number of halogens is 1. The van der Waals surface area contributed by atoms with E-state index in [-0.39, 0.29) is 12.2 Å². The Bertz CT molecular complexity index is 1430. The first-order valence-electron chi connectivity index (χ1n) is 17.3. The van der Waals surface area contributed by atoms with Crippen molar-refractivity contribution in [3.8, 4) is 16.3 Å². The van der Waals surface area contributed by atoms with E-state index in [0.29, 0.717) is 35.6 Å². The van der Waals surface area contributed by atoms with E-state index < -0.39 is 0 Å².